The molecule has 0 atom stereocenters. The lowest BCUT2D eigenvalue weighted by atomic mass is 10.3. The maximum absolute atomic E-state index is 12.3. The second-order valence-corrected chi connectivity index (χ2v) is 6.56. The van der Waals surface area contributed by atoms with Gasteiger partial charge < -0.3 is 10.1 Å². The number of aromatic nitrogens is 2. The van der Waals surface area contributed by atoms with Crippen LogP contribution in [0.5, 0.6) is 5.75 Å². The van der Waals surface area contributed by atoms with Crippen molar-refractivity contribution in [2.75, 3.05) is 18.2 Å². The van der Waals surface area contributed by atoms with Crippen LogP contribution in [0, 0.1) is 0 Å². The van der Waals surface area contributed by atoms with Gasteiger partial charge in [-0.2, -0.15) is 0 Å². The van der Waals surface area contributed by atoms with Gasteiger partial charge in [0.15, 0.2) is 0 Å². The molecule has 1 amide bonds. The van der Waals surface area contributed by atoms with Gasteiger partial charge in [-0.25, -0.2) is 9.36 Å². The predicted octanol–water partition coefficient (Wildman–Crippen LogP) is 2.27. The quantitative estimate of drug-likeness (QED) is 0.637. The summed E-state index contributed by atoms with van der Waals surface area (Å²) < 4.78 is 6.33. The highest BCUT2D eigenvalue weighted by Gasteiger charge is 2.12. The first-order chi connectivity index (χ1) is 13.1. The second-order valence-electron chi connectivity index (χ2n) is 5.51. The maximum Gasteiger partial charge on any atom is 0.334 e. The van der Waals surface area contributed by atoms with Crippen molar-refractivity contribution in [2.45, 2.75) is 4.90 Å². The van der Waals surface area contributed by atoms with Gasteiger partial charge in [0.05, 0.1) is 18.6 Å². The van der Waals surface area contributed by atoms with Crippen molar-refractivity contribution in [3.63, 3.8) is 0 Å². The zero-order chi connectivity index (χ0) is 19.2. The Morgan fingerprint density at radius 1 is 1.11 bits per heavy atom. The number of aromatic amines is 1. The van der Waals surface area contributed by atoms with Gasteiger partial charge in [-0.05, 0) is 36.4 Å². The number of carbonyl (C=O) groups excluding carboxylic acids is 1. The fraction of sp³-hybridized carbons (Fsp3) is 0.105. The number of hydrogen-bond acceptors (Lipinski definition) is 5. The number of ether oxygens (including phenoxy) is 1. The van der Waals surface area contributed by atoms with Crippen molar-refractivity contribution in [3.05, 3.63) is 81.5 Å². The van der Waals surface area contributed by atoms with Gasteiger partial charge in [-0.1, -0.05) is 18.2 Å². The molecule has 0 unspecified atom stereocenters. The lowest BCUT2D eigenvalue weighted by Crippen LogP contribution is -2.32. The molecule has 0 aliphatic carbocycles. The topological polar surface area (TPSA) is 93.2 Å². The molecule has 0 saturated heterocycles. The number of H-pyrrole nitrogens is 1. The molecule has 0 aliphatic heterocycles. The Morgan fingerprint density at radius 3 is 2.48 bits per heavy atom. The third kappa shape index (κ3) is 4.68. The van der Waals surface area contributed by atoms with E-state index in [9.17, 15) is 14.4 Å². The number of hydrogen-bond donors (Lipinski definition) is 2. The summed E-state index contributed by atoms with van der Waals surface area (Å²) in [6.45, 7) is 0. The van der Waals surface area contributed by atoms with Crippen LogP contribution in [0.25, 0.3) is 5.69 Å². The van der Waals surface area contributed by atoms with Crippen LogP contribution in [0.4, 0.5) is 5.82 Å². The Labute approximate surface area is 159 Å². The normalized spacial score (nSPS) is 10.4. The molecule has 1 heterocycles. The van der Waals surface area contributed by atoms with Crippen LogP contribution in [-0.4, -0.2) is 28.3 Å². The third-order valence-electron chi connectivity index (χ3n) is 3.65. The number of amides is 1. The summed E-state index contributed by atoms with van der Waals surface area (Å²) in [5.74, 6) is 0.554. The smallest absolute Gasteiger partial charge is 0.334 e. The minimum Gasteiger partial charge on any atom is -0.497 e. The average molecular weight is 383 g/mol. The van der Waals surface area contributed by atoms with Gasteiger partial charge in [-0.15, -0.1) is 11.8 Å². The molecule has 0 fully saturated rings. The highest BCUT2D eigenvalue weighted by molar-refractivity contribution is 8.00. The summed E-state index contributed by atoms with van der Waals surface area (Å²) in [5, 5.41) is 2.64. The van der Waals surface area contributed by atoms with Crippen LogP contribution < -0.4 is 21.3 Å². The third-order valence-corrected chi connectivity index (χ3v) is 4.67. The summed E-state index contributed by atoms with van der Waals surface area (Å²) in [6.07, 6.45) is 0. The van der Waals surface area contributed by atoms with Crippen molar-refractivity contribution in [2.24, 2.45) is 0 Å². The van der Waals surface area contributed by atoms with Crippen LogP contribution >= 0.6 is 11.8 Å². The van der Waals surface area contributed by atoms with Crippen molar-refractivity contribution in [1.29, 1.82) is 0 Å². The van der Waals surface area contributed by atoms with E-state index in [0.717, 1.165) is 4.90 Å². The standard InChI is InChI=1S/C19H17N3O4S/c1-26-14-9-7-13(8-10-14)22-16(11-17(23)21-19(22)25)20-18(24)12-27-15-5-3-2-4-6-15/h2-11H,12H2,1H3,(H,20,24)(H,21,23,25). The first-order valence-electron chi connectivity index (χ1n) is 8.05. The predicted molar refractivity (Wildman–Crippen MR) is 105 cm³/mol. The fourth-order valence-electron chi connectivity index (χ4n) is 2.42. The summed E-state index contributed by atoms with van der Waals surface area (Å²) in [7, 11) is 1.54. The van der Waals surface area contributed by atoms with Gasteiger partial charge in [0.25, 0.3) is 5.56 Å². The van der Waals surface area contributed by atoms with Gasteiger partial charge in [0.2, 0.25) is 5.91 Å². The van der Waals surface area contributed by atoms with Crippen molar-refractivity contribution in [1.82, 2.24) is 9.55 Å². The van der Waals surface area contributed by atoms with E-state index >= 15 is 0 Å². The zero-order valence-electron chi connectivity index (χ0n) is 14.5. The monoisotopic (exact) mass is 383 g/mol. The Balaban J connectivity index is 1.84. The van der Waals surface area contributed by atoms with E-state index in [2.05, 4.69) is 10.3 Å². The lowest BCUT2D eigenvalue weighted by Gasteiger charge is -2.13. The van der Waals surface area contributed by atoms with Crippen molar-refractivity contribution < 1.29 is 9.53 Å². The first kappa shape index (κ1) is 18.5. The largest absolute Gasteiger partial charge is 0.497 e. The second kappa shape index (κ2) is 8.41. The summed E-state index contributed by atoms with van der Waals surface area (Å²) in [6, 6.07) is 17.3. The summed E-state index contributed by atoms with van der Waals surface area (Å²) in [5.41, 5.74) is -0.738. The molecular weight excluding hydrogens is 366 g/mol. The van der Waals surface area contributed by atoms with E-state index in [-0.39, 0.29) is 17.5 Å². The Bertz CT molecular complexity index is 1040. The van der Waals surface area contributed by atoms with E-state index in [1.54, 1.807) is 24.3 Å². The number of rotatable bonds is 6. The van der Waals surface area contributed by atoms with E-state index in [1.165, 1.54) is 29.5 Å². The highest BCUT2D eigenvalue weighted by atomic mass is 32.2. The average Bonchev–Trinajstić information content (AvgIpc) is 2.67. The number of anilines is 1. The van der Waals surface area contributed by atoms with Gasteiger partial charge in [0, 0.05) is 11.0 Å². The molecule has 0 radical (unpaired) electrons. The van der Waals surface area contributed by atoms with Crippen LogP contribution in [0.3, 0.4) is 0 Å². The molecule has 3 rings (SSSR count). The van der Waals surface area contributed by atoms with Crippen LogP contribution in [0.15, 0.2) is 75.1 Å². The maximum atomic E-state index is 12.3. The molecule has 0 saturated carbocycles. The molecule has 3 aromatic rings. The Morgan fingerprint density at radius 2 is 1.81 bits per heavy atom. The Hall–Kier alpha value is -3.26. The molecular formula is C19H17N3O4S. The van der Waals surface area contributed by atoms with Gasteiger partial charge >= 0.3 is 5.69 Å². The highest BCUT2D eigenvalue weighted by Crippen LogP contribution is 2.19. The fourth-order valence-corrected chi connectivity index (χ4v) is 3.14. The SMILES string of the molecule is COc1ccc(-n2c(NC(=O)CSc3ccccc3)cc(=O)[nH]c2=O)cc1. The lowest BCUT2D eigenvalue weighted by molar-refractivity contribution is -0.113. The number of methoxy groups -OCH3 is 1. The minimum absolute atomic E-state index is 0.104. The zero-order valence-corrected chi connectivity index (χ0v) is 15.3. The van der Waals surface area contributed by atoms with Gasteiger partial charge in [0.1, 0.15) is 11.6 Å². The van der Waals surface area contributed by atoms with Crippen LogP contribution in [-0.2, 0) is 4.79 Å². The molecule has 0 bridgehead atoms. The number of carbonyl (C=O) groups is 1. The molecule has 0 spiro atoms. The van der Waals surface area contributed by atoms with Gasteiger partial charge in [-0.3, -0.25) is 14.6 Å². The van der Waals surface area contributed by atoms with E-state index < -0.39 is 11.2 Å². The molecule has 2 aromatic carbocycles. The van der Waals surface area contributed by atoms with Crippen LogP contribution in [0.2, 0.25) is 0 Å². The number of nitrogens with zero attached hydrogens (tertiary/aromatic N) is 1. The molecule has 138 valence electrons. The van der Waals surface area contributed by atoms with E-state index in [1.807, 2.05) is 30.3 Å². The number of thioether (sulfide) groups is 1. The number of benzene rings is 2. The molecule has 1 aromatic heterocycles. The van der Waals surface area contributed by atoms with Crippen LogP contribution in [0.1, 0.15) is 0 Å². The summed E-state index contributed by atoms with van der Waals surface area (Å²) >= 11 is 1.36. The molecule has 0 aliphatic rings. The van der Waals surface area contributed by atoms with E-state index in [0.29, 0.717) is 11.4 Å². The molecule has 8 heteroatoms. The van der Waals surface area contributed by atoms with Crippen molar-refractivity contribution in [3.8, 4) is 11.4 Å². The minimum atomic E-state index is -0.640. The first-order valence-corrected chi connectivity index (χ1v) is 9.04. The van der Waals surface area contributed by atoms with E-state index in [4.69, 9.17) is 4.74 Å². The molecule has 7 nitrogen and oxygen atoms in total. The number of nitrogens with one attached hydrogen (secondary N) is 2. The summed E-state index contributed by atoms with van der Waals surface area (Å²) in [4.78, 5) is 39.5. The van der Waals surface area contributed by atoms with Crippen molar-refractivity contribution >= 4 is 23.5 Å². The Kier molecular flexibility index (Phi) is 5.77. The molecule has 2 N–H and O–H groups in total. The molecule has 27 heavy (non-hydrogen) atoms.